The van der Waals surface area contributed by atoms with E-state index in [4.69, 9.17) is 4.74 Å². The summed E-state index contributed by atoms with van der Waals surface area (Å²) in [6, 6.07) is 0. The van der Waals surface area contributed by atoms with E-state index < -0.39 is 5.60 Å². The van der Waals surface area contributed by atoms with Gasteiger partial charge in [-0.3, -0.25) is 0 Å². The van der Waals surface area contributed by atoms with Crippen molar-refractivity contribution in [3.63, 3.8) is 0 Å². The number of hydrogen-bond acceptors (Lipinski definition) is 4. The third-order valence-electron chi connectivity index (χ3n) is 3.82. The maximum absolute atomic E-state index is 12.3. The first-order chi connectivity index (χ1) is 13.7. The molecule has 0 spiro atoms. The van der Waals surface area contributed by atoms with Crippen molar-refractivity contribution in [2.24, 2.45) is 0 Å². The van der Waals surface area contributed by atoms with Gasteiger partial charge in [0.1, 0.15) is 5.60 Å². The van der Waals surface area contributed by atoms with Gasteiger partial charge in [-0.15, -0.1) is 11.8 Å². The number of carbonyl (C=O) groups excluding carboxylic acids is 1. The molecule has 0 aliphatic carbocycles. The molecule has 1 amide bonds. The zero-order chi connectivity index (χ0) is 23.5. The van der Waals surface area contributed by atoms with Crippen LogP contribution in [0.3, 0.4) is 0 Å². The minimum absolute atomic E-state index is 0.0549. The van der Waals surface area contributed by atoms with Gasteiger partial charge in [-0.1, -0.05) is 59.4 Å². The lowest BCUT2D eigenvalue weighted by molar-refractivity contribution is 0.0249. The molecule has 0 aromatic carbocycles. The summed E-state index contributed by atoms with van der Waals surface area (Å²) < 4.78 is 5.13. The summed E-state index contributed by atoms with van der Waals surface area (Å²) >= 11 is 1.65. The summed E-state index contributed by atoms with van der Waals surface area (Å²) in [5, 5.41) is 10.0. The van der Waals surface area contributed by atoms with E-state index in [-0.39, 0.29) is 17.4 Å². The molecule has 1 atom stereocenters. The van der Waals surface area contributed by atoms with E-state index in [1.54, 1.807) is 22.7 Å². The lowest BCUT2D eigenvalue weighted by atomic mass is 10.0. The lowest BCUT2D eigenvalue weighted by Gasteiger charge is -2.33. The summed E-state index contributed by atoms with van der Waals surface area (Å²) in [5.41, 5.74) is -0.508. The van der Waals surface area contributed by atoms with E-state index in [1.165, 1.54) is 0 Å². The van der Waals surface area contributed by atoms with Crippen molar-refractivity contribution in [1.82, 2.24) is 4.90 Å². The van der Waals surface area contributed by atoms with Crippen molar-refractivity contribution in [3.8, 4) is 0 Å². The fourth-order valence-electron chi connectivity index (χ4n) is 2.17. The van der Waals surface area contributed by atoms with Crippen LogP contribution in [0.15, 0.2) is 35.8 Å². The van der Waals surface area contributed by atoms with E-state index in [0.717, 1.165) is 11.3 Å². The maximum Gasteiger partial charge on any atom is 0.410 e. The van der Waals surface area contributed by atoms with Gasteiger partial charge in [0.2, 0.25) is 0 Å². The topological polar surface area (TPSA) is 49.8 Å². The van der Waals surface area contributed by atoms with Crippen LogP contribution in [0, 0.1) is 0 Å². The smallest absolute Gasteiger partial charge is 0.410 e. The molecule has 29 heavy (non-hydrogen) atoms. The Balaban J connectivity index is -0.00000158. The summed E-state index contributed by atoms with van der Waals surface area (Å²) in [7, 11) is 0. The molecule has 0 aliphatic heterocycles. The molecule has 4 nitrogen and oxygen atoms in total. The monoisotopic (exact) mass is 429 g/mol. The Morgan fingerprint density at radius 2 is 1.72 bits per heavy atom. The van der Waals surface area contributed by atoms with Crippen LogP contribution in [0.2, 0.25) is 0 Å². The Labute approximate surface area is 185 Å². The fourth-order valence-corrected chi connectivity index (χ4v) is 3.34. The van der Waals surface area contributed by atoms with E-state index in [9.17, 15) is 9.90 Å². The predicted octanol–water partition coefficient (Wildman–Crippen LogP) is 7.21. The first-order valence-corrected chi connectivity index (χ1v) is 11.7. The molecule has 0 heterocycles. The molecular weight excluding hydrogens is 382 g/mol. The van der Waals surface area contributed by atoms with Gasteiger partial charge in [0, 0.05) is 22.7 Å². The van der Waals surface area contributed by atoms with Crippen molar-refractivity contribution in [1.29, 1.82) is 0 Å². The normalized spacial score (nSPS) is 13.4. The second kappa shape index (κ2) is 18.8. The third kappa shape index (κ3) is 15.3. The standard InChI is InChI=1S/C20H35NO3S.2C2H6/c1-8-12-13-17(9-2)25-20(10-3,16-22)14-15-21(11-4)18(23)24-19(5,6)7;2*1-2/h8-9,12-13,22H,1,10-11,14-16H2,2-7H3;2*1-2H3/b13-12-,17-9+;;. The molecule has 0 aromatic heterocycles. The number of thioether (sulfide) groups is 1. The van der Waals surface area contributed by atoms with Crippen molar-refractivity contribution < 1.29 is 14.6 Å². The molecule has 0 bridgehead atoms. The Hall–Kier alpha value is -1.20. The SMILES string of the molecule is C=C/C=C\C(=C/C)SC(CC)(CO)CCN(CC)C(=O)OC(C)(C)C.CC.CC. The Morgan fingerprint density at radius 1 is 1.17 bits per heavy atom. The van der Waals surface area contributed by atoms with Gasteiger partial charge in [-0.2, -0.15) is 0 Å². The average Bonchev–Trinajstić information content (AvgIpc) is 2.72. The van der Waals surface area contributed by atoms with Crippen LogP contribution in [0.25, 0.3) is 0 Å². The zero-order valence-electron chi connectivity index (χ0n) is 20.7. The average molecular weight is 430 g/mol. The molecule has 5 heteroatoms. The van der Waals surface area contributed by atoms with Crippen LogP contribution in [0.4, 0.5) is 4.79 Å². The number of aliphatic hydroxyl groups excluding tert-OH is 1. The lowest BCUT2D eigenvalue weighted by Crippen LogP contribution is -2.40. The highest BCUT2D eigenvalue weighted by atomic mass is 32.2. The molecule has 0 saturated carbocycles. The Morgan fingerprint density at radius 3 is 2.07 bits per heavy atom. The molecule has 0 aliphatic rings. The molecule has 0 fully saturated rings. The van der Waals surface area contributed by atoms with Gasteiger partial charge < -0.3 is 14.7 Å². The number of aliphatic hydroxyl groups is 1. The number of nitrogens with zero attached hydrogens (tertiary/aromatic N) is 1. The van der Waals surface area contributed by atoms with Crippen LogP contribution >= 0.6 is 11.8 Å². The minimum Gasteiger partial charge on any atom is -0.444 e. The van der Waals surface area contributed by atoms with Crippen LogP contribution in [0.5, 0.6) is 0 Å². The van der Waals surface area contributed by atoms with E-state index in [2.05, 4.69) is 13.5 Å². The first kappa shape index (κ1) is 32.5. The molecule has 1 unspecified atom stereocenters. The highest BCUT2D eigenvalue weighted by Crippen LogP contribution is 2.38. The summed E-state index contributed by atoms with van der Waals surface area (Å²) in [6.45, 7) is 24.5. The van der Waals surface area contributed by atoms with Crippen LogP contribution in [0.1, 0.15) is 82.1 Å². The zero-order valence-corrected chi connectivity index (χ0v) is 21.5. The quantitative estimate of drug-likeness (QED) is 0.373. The predicted molar refractivity (Wildman–Crippen MR) is 132 cm³/mol. The fraction of sp³-hybridized carbons (Fsp3) is 0.708. The van der Waals surface area contributed by atoms with Gasteiger partial charge in [0.15, 0.2) is 0 Å². The van der Waals surface area contributed by atoms with Crippen molar-refractivity contribution in [2.45, 2.75) is 92.4 Å². The second-order valence-corrected chi connectivity index (χ2v) is 8.43. The van der Waals surface area contributed by atoms with Crippen molar-refractivity contribution in [2.75, 3.05) is 19.7 Å². The van der Waals surface area contributed by atoms with Gasteiger partial charge in [-0.05, 0) is 53.5 Å². The van der Waals surface area contributed by atoms with Crippen molar-refractivity contribution in [3.05, 3.63) is 35.8 Å². The summed E-state index contributed by atoms with van der Waals surface area (Å²) in [4.78, 5) is 15.1. The van der Waals surface area contributed by atoms with Crippen LogP contribution < -0.4 is 0 Å². The summed E-state index contributed by atoms with van der Waals surface area (Å²) in [5.74, 6) is 0. The number of amides is 1. The Bertz CT molecular complexity index is 475. The number of allylic oxidation sites excluding steroid dienone is 4. The van der Waals surface area contributed by atoms with Crippen LogP contribution in [-0.4, -0.2) is 46.1 Å². The molecular formula is C24H47NO3S. The van der Waals surface area contributed by atoms with E-state index in [1.807, 2.05) is 80.5 Å². The highest BCUT2D eigenvalue weighted by Gasteiger charge is 2.31. The molecule has 0 rings (SSSR count). The van der Waals surface area contributed by atoms with Crippen LogP contribution in [-0.2, 0) is 4.74 Å². The molecule has 0 aromatic rings. The largest absolute Gasteiger partial charge is 0.444 e. The molecule has 1 N–H and O–H groups in total. The third-order valence-corrected chi connectivity index (χ3v) is 5.48. The van der Waals surface area contributed by atoms with Gasteiger partial charge in [0.05, 0.1) is 6.61 Å². The number of rotatable bonds is 10. The summed E-state index contributed by atoms with van der Waals surface area (Å²) in [6.07, 6.45) is 8.83. The number of ether oxygens (including phenoxy) is 1. The second-order valence-electron chi connectivity index (χ2n) is 6.89. The minimum atomic E-state index is -0.508. The molecule has 0 radical (unpaired) electrons. The van der Waals surface area contributed by atoms with Gasteiger partial charge >= 0.3 is 6.09 Å². The van der Waals surface area contributed by atoms with E-state index >= 15 is 0 Å². The molecule has 0 saturated heterocycles. The van der Waals surface area contributed by atoms with E-state index in [0.29, 0.717) is 19.5 Å². The number of hydrogen-bond donors (Lipinski definition) is 1. The van der Waals surface area contributed by atoms with Gasteiger partial charge in [0.25, 0.3) is 0 Å². The number of carbonyl (C=O) groups is 1. The van der Waals surface area contributed by atoms with Gasteiger partial charge in [-0.25, -0.2) is 4.79 Å². The highest BCUT2D eigenvalue weighted by molar-refractivity contribution is 8.04. The van der Waals surface area contributed by atoms with Crippen molar-refractivity contribution >= 4 is 17.9 Å². The molecule has 172 valence electrons. The maximum atomic E-state index is 12.3. The first-order valence-electron chi connectivity index (χ1n) is 10.9. The Kier molecular flexibility index (Phi) is 21.1.